The van der Waals surface area contributed by atoms with Crippen molar-refractivity contribution in [3.8, 4) is 5.75 Å². The van der Waals surface area contributed by atoms with Crippen LogP contribution >= 0.6 is 0 Å². The Bertz CT molecular complexity index is 382. The number of benzene rings is 1. The van der Waals surface area contributed by atoms with Crippen LogP contribution in [0.2, 0.25) is 0 Å². The maximum atomic E-state index is 13.4. The van der Waals surface area contributed by atoms with E-state index in [1.165, 1.54) is 12.1 Å². The topological polar surface area (TPSA) is 77.1 Å². The van der Waals surface area contributed by atoms with Crippen molar-refractivity contribution in [2.75, 3.05) is 13.4 Å². The minimum Gasteiger partial charge on any atom is -0.464 e. The Labute approximate surface area is 92.3 Å². The maximum Gasteiger partial charge on any atom is 0.189 e. The normalized spacial score (nSPS) is 11.5. The molecule has 1 rings (SSSR count). The highest BCUT2D eigenvalue weighted by Gasteiger charge is 2.07. The largest absolute Gasteiger partial charge is 0.464 e. The van der Waals surface area contributed by atoms with Crippen molar-refractivity contribution in [2.24, 2.45) is 10.9 Å². The van der Waals surface area contributed by atoms with Gasteiger partial charge in [0.15, 0.2) is 24.2 Å². The molecular formula is C10H13FN2O3. The van der Waals surface area contributed by atoms with Crippen molar-refractivity contribution >= 4 is 5.84 Å². The number of halogens is 1. The second-order valence-electron chi connectivity index (χ2n) is 2.89. The molecule has 0 aromatic heterocycles. The summed E-state index contributed by atoms with van der Waals surface area (Å²) in [5.41, 5.74) is 5.58. The Kier molecular flexibility index (Phi) is 4.53. The van der Waals surface area contributed by atoms with Crippen LogP contribution in [0.25, 0.3) is 0 Å². The molecule has 88 valence electrons. The lowest BCUT2D eigenvalue weighted by Crippen LogP contribution is -2.13. The van der Waals surface area contributed by atoms with Crippen LogP contribution in [-0.4, -0.2) is 24.4 Å². The minimum absolute atomic E-state index is 0.0175. The van der Waals surface area contributed by atoms with Crippen LogP contribution in [0.1, 0.15) is 12.5 Å². The molecule has 0 unspecified atom stereocenters. The van der Waals surface area contributed by atoms with E-state index >= 15 is 0 Å². The molecule has 6 heteroatoms. The van der Waals surface area contributed by atoms with Gasteiger partial charge in [-0.05, 0) is 25.1 Å². The van der Waals surface area contributed by atoms with Gasteiger partial charge in [-0.1, -0.05) is 5.16 Å². The highest BCUT2D eigenvalue weighted by molar-refractivity contribution is 5.97. The number of hydrogen-bond acceptors (Lipinski definition) is 4. The number of nitrogens with zero attached hydrogens (tertiary/aromatic N) is 1. The minimum atomic E-state index is -0.594. The first-order valence-electron chi connectivity index (χ1n) is 4.67. The average molecular weight is 228 g/mol. The molecule has 5 nitrogen and oxygen atoms in total. The highest BCUT2D eigenvalue weighted by atomic mass is 19.1. The molecule has 0 saturated heterocycles. The number of rotatable bonds is 5. The van der Waals surface area contributed by atoms with E-state index in [2.05, 4.69) is 5.16 Å². The summed E-state index contributed by atoms with van der Waals surface area (Å²) < 4.78 is 23.3. The summed E-state index contributed by atoms with van der Waals surface area (Å²) in [4.78, 5) is 0. The fourth-order valence-corrected chi connectivity index (χ4v) is 1.02. The van der Waals surface area contributed by atoms with E-state index in [1.54, 1.807) is 6.92 Å². The van der Waals surface area contributed by atoms with Crippen LogP contribution in [0.4, 0.5) is 4.39 Å². The average Bonchev–Trinajstić information content (AvgIpc) is 2.30. The quantitative estimate of drug-likeness (QED) is 0.199. The van der Waals surface area contributed by atoms with E-state index < -0.39 is 5.82 Å². The maximum absolute atomic E-state index is 13.4. The number of amidine groups is 1. The number of nitrogens with two attached hydrogens (primary N) is 1. The zero-order chi connectivity index (χ0) is 12.0. The first kappa shape index (κ1) is 12.3. The molecule has 0 radical (unpaired) electrons. The summed E-state index contributed by atoms with van der Waals surface area (Å²) in [6.07, 6.45) is 0. The fraction of sp³-hybridized carbons (Fsp3) is 0.300. The van der Waals surface area contributed by atoms with Crippen LogP contribution in [0.5, 0.6) is 5.75 Å². The third-order valence-corrected chi connectivity index (χ3v) is 1.84. The van der Waals surface area contributed by atoms with Crippen molar-refractivity contribution < 1.29 is 19.1 Å². The second kappa shape index (κ2) is 5.92. The second-order valence-corrected chi connectivity index (χ2v) is 2.89. The van der Waals surface area contributed by atoms with Gasteiger partial charge in [0.2, 0.25) is 0 Å². The molecule has 3 N–H and O–H groups in total. The van der Waals surface area contributed by atoms with Gasteiger partial charge >= 0.3 is 0 Å². The van der Waals surface area contributed by atoms with Crippen LogP contribution in [0.15, 0.2) is 23.4 Å². The van der Waals surface area contributed by atoms with Gasteiger partial charge in [-0.15, -0.1) is 0 Å². The van der Waals surface area contributed by atoms with E-state index in [1.807, 2.05) is 0 Å². The molecular weight excluding hydrogens is 215 g/mol. The SMILES string of the molecule is CCOCOc1ccc(/C(N)=N/O)cc1F. The van der Waals surface area contributed by atoms with Crippen molar-refractivity contribution in [1.29, 1.82) is 0 Å². The predicted octanol–water partition coefficient (Wildman–Crippen LogP) is 1.29. The monoisotopic (exact) mass is 228 g/mol. The zero-order valence-electron chi connectivity index (χ0n) is 8.81. The van der Waals surface area contributed by atoms with E-state index in [-0.39, 0.29) is 23.9 Å². The molecule has 0 spiro atoms. The molecule has 16 heavy (non-hydrogen) atoms. The Hall–Kier alpha value is -1.82. The van der Waals surface area contributed by atoms with Gasteiger partial charge in [0.25, 0.3) is 0 Å². The summed E-state index contributed by atoms with van der Waals surface area (Å²) >= 11 is 0. The van der Waals surface area contributed by atoms with Crippen molar-refractivity contribution in [2.45, 2.75) is 6.92 Å². The third kappa shape index (κ3) is 3.09. The van der Waals surface area contributed by atoms with Gasteiger partial charge < -0.3 is 20.4 Å². The number of hydrogen-bond donors (Lipinski definition) is 2. The molecule has 1 aromatic carbocycles. The number of oxime groups is 1. The van der Waals surface area contributed by atoms with Gasteiger partial charge in [-0.3, -0.25) is 0 Å². The Morgan fingerprint density at radius 3 is 2.88 bits per heavy atom. The van der Waals surface area contributed by atoms with Gasteiger partial charge in [0.1, 0.15) is 0 Å². The highest BCUT2D eigenvalue weighted by Crippen LogP contribution is 2.18. The van der Waals surface area contributed by atoms with Gasteiger partial charge in [0.05, 0.1) is 0 Å². The molecule has 0 saturated carbocycles. The summed E-state index contributed by atoms with van der Waals surface area (Å²) in [5, 5.41) is 11.2. The smallest absolute Gasteiger partial charge is 0.189 e. The summed E-state index contributed by atoms with van der Waals surface area (Å²) in [6.45, 7) is 2.28. The van der Waals surface area contributed by atoms with Crippen molar-refractivity contribution in [3.05, 3.63) is 29.6 Å². The van der Waals surface area contributed by atoms with E-state index in [0.717, 1.165) is 6.07 Å². The van der Waals surface area contributed by atoms with Gasteiger partial charge in [-0.25, -0.2) is 4.39 Å². The van der Waals surface area contributed by atoms with Crippen LogP contribution in [0.3, 0.4) is 0 Å². The molecule has 0 heterocycles. The Balaban J connectivity index is 2.75. The zero-order valence-corrected chi connectivity index (χ0v) is 8.81. The molecule has 1 aromatic rings. The summed E-state index contributed by atoms with van der Waals surface area (Å²) in [7, 11) is 0. The molecule has 0 aliphatic rings. The lowest BCUT2D eigenvalue weighted by atomic mass is 10.2. The molecule has 0 fully saturated rings. The van der Waals surface area contributed by atoms with Crippen molar-refractivity contribution in [3.63, 3.8) is 0 Å². The standard InChI is InChI=1S/C10H13FN2O3/c1-2-15-6-16-9-4-3-7(5-8(9)11)10(12)13-14/h3-5,14H,2,6H2,1H3,(H2,12,13). The fourth-order valence-electron chi connectivity index (χ4n) is 1.02. The Morgan fingerprint density at radius 1 is 1.56 bits per heavy atom. The van der Waals surface area contributed by atoms with Gasteiger partial charge in [0, 0.05) is 12.2 Å². The number of ether oxygens (including phenoxy) is 2. The van der Waals surface area contributed by atoms with Crippen LogP contribution in [0, 0.1) is 5.82 Å². The summed E-state index contributed by atoms with van der Waals surface area (Å²) in [5.74, 6) is -0.693. The summed E-state index contributed by atoms with van der Waals surface area (Å²) in [6, 6.07) is 4.00. The van der Waals surface area contributed by atoms with Gasteiger partial charge in [-0.2, -0.15) is 0 Å². The molecule has 0 aliphatic carbocycles. The van der Waals surface area contributed by atoms with E-state index in [4.69, 9.17) is 20.4 Å². The first-order chi connectivity index (χ1) is 7.69. The molecule has 0 amide bonds. The van der Waals surface area contributed by atoms with Crippen LogP contribution in [-0.2, 0) is 4.74 Å². The molecule has 0 bridgehead atoms. The first-order valence-corrected chi connectivity index (χ1v) is 4.67. The van der Waals surface area contributed by atoms with Crippen LogP contribution < -0.4 is 10.5 Å². The van der Waals surface area contributed by atoms with E-state index in [0.29, 0.717) is 6.61 Å². The predicted molar refractivity (Wildman–Crippen MR) is 56.0 cm³/mol. The Morgan fingerprint density at radius 2 is 2.31 bits per heavy atom. The lowest BCUT2D eigenvalue weighted by Gasteiger charge is -2.07. The lowest BCUT2D eigenvalue weighted by molar-refractivity contribution is 0.0201. The van der Waals surface area contributed by atoms with E-state index in [9.17, 15) is 4.39 Å². The third-order valence-electron chi connectivity index (χ3n) is 1.84. The molecule has 0 atom stereocenters. The molecule has 0 aliphatic heterocycles. The van der Waals surface area contributed by atoms with Crippen molar-refractivity contribution in [1.82, 2.24) is 0 Å².